The molecule has 1 unspecified atom stereocenters. The van der Waals surface area contributed by atoms with E-state index in [9.17, 15) is 4.79 Å². The minimum Gasteiger partial charge on any atom is -0.341 e. The van der Waals surface area contributed by atoms with Gasteiger partial charge in [0, 0.05) is 24.8 Å². The van der Waals surface area contributed by atoms with Crippen LogP contribution in [-0.2, 0) is 26.1 Å². The molecular formula is C26H29BrN6O2. The summed E-state index contributed by atoms with van der Waals surface area (Å²) in [5.41, 5.74) is 14.4. The Morgan fingerprint density at radius 1 is 1.14 bits per heavy atom. The van der Waals surface area contributed by atoms with E-state index in [1.54, 1.807) is 17.6 Å². The van der Waals surface area contributed by atoms with Crippen LogP contribution in [0.5, 0.6) is 0 Å². The van der Waals surface area contributed by atoms with Crippen molar-refractivity contribution in [3.63, 3.8) is 0 Å². The first-order chi connectivity index (χ1) is 16.7. The molecule has 0 saturated carbocycles. The van der Waals surface area contributed by atoms with Crippen LogP contribution in [0.25, 0.3) is 11.0 Å². The maximum atomic E-state index is 11.9. The second-order valence-corrected chi connectivity index (χ2v) is 8.69. The molecule has 0 radical (unpaired) electrons. The van der Waals surface area contributed by atoms with Gasteiger partial charge in [-0.25, -0.2) is 10.5 Å². The van der Waals surface area contributed by atoms with E-state index in [0.29, 0.717) is 25.2 Å². The zero-order chi connectivity index (χ0) is 23.5. The highest BCUT2D eigenvalue weighted by Gasteiger charge is 2.28. The Hall–Kier alpha value is -3.11. The summed E-state index contributed by atoms with van der Waals surface area (Å²) < 4.78 is 0. The molecule has 182 valence electrons. The number of carbonyl (C=O) groups is 1. The van der Waals surface area contributed by atoms with Crippen LogP contribution in [-0.4, -0.2) is 31.0 Å². The van der Waals surface area contributed by atoms with Crippen LogP contribution in [0, 0.1) is 0 Å². The van der Waals surface area contributed by atoms with Gasteiger partial charge in [-0.15, -0.1) is 17.0 Å². The number of fused-ring (bicyclic) bond motifs is 2. The van der Waals surface area contributed by atoms with Gasteiger partial charge in [0.2, 0.25) is 0 Å². The monoisotopic (exact) mass is 536 g/mol. The van der Waals surface area contributed by atoms with Gasteiger partial charge in [0.15, 0.2) is 0 Å². The van der Waals surface area contributed by atoms with E-state index in [2.05, 4.69) is 16.0 Å². The van der Waals surface area contributed by atoms with Gasteiger partial charge in [0.25, 0.3) is 5.91 Å². The van der Waals surface area contributed by atoms with E-state index in [1.807, 2.05) is 42.6 Å². The number of pyridine rings is 1. The second kappa shape index (κ2) is 11.1. The maximum Gasteiger partial charge on any atom is 0.274 e. The molecule has 2 aromatic heterocycles. The Labute approximate surface area is 214 Å². The number of hydrogen-bond donors (Lipinski definition) is 4. The van der Waals surface area contributed by atoms with Gasteiger partial charge in [-0.1, -0.05) is 24.3 Å². The van der Waals surface area contributed by atoms with Gasteiger partial charge < -0.3 is 10.7 Å². The lowest BCUT2D eigenvalue weighted by molar-refractivity contribution is 0.0706. The number of para-hydroxylation sites is 2. The number of aryl methyl sites for hydroxylation is 1. The van der Waals surface area contributed by atoms with Crippen molar-refractivity contribution in [3.05, 3.63) is 94.6 Å². The molecule has 2 aromatic carbocycles. The third-order valence-electron chi connectivity index (χ3n) is 6.56. The Balaban J connectivity index is 0.00000289. The molecule has 0 aliphatic heterocycles. The summed E-state index contributed by atoms with van der Waals surface area (Å²) in [6.07, 6.45) is 5.01. The lowest BCUT2D eigenvalue weighted by Crippen LogP contribution is -2.32. The number of hydroxylamine groups is 1. The van der Waals surface area contributed by atoms with Gasteiger partial charge >= 0.3 is 0 Å². The number of nitrogens with two attached hydrogens (primary N) is 1. The number of amides is 1. The van der Waals surface area contributed by atoms with Crippen LogP contribution in [0.2, 0.25) is 0 Å². The van der Waals surface area contributed by atoms with Gasteiger partial charge in [0.1, 0.15) is 5.82 Å². The summed E-state index contributed by atoms with van der Waals surface area (Å²) >= 11 is 0. The van der Waals surface area contributed by atoms with Crippen LogP contribution in [0.1, 0.15) is 57.5 Å². The fourth-order valence-electron chi connectivity index (χ4n) is 4.88. The van der Waals surface area contributed by atoms with Crippen molar-refractivity contribution in [1.82, 2.24) is 25.3 Å². The van der Waals surface area contributed by atoms with E-state index in [-0.39, 0.29) is 23.0 Å². The van der Waals surface area contributed by atoms with E-state index in [4.69, 9.17) is 20.9 Å². The molecule has 1 atom stereocenters. The average Bonchev–Trinajstić information content (AvgIpc) is 3.30. The topological polar surface area (TPSA) is 120 Å². The Morgan fingerprint density at radius 3 is 2.80 bits per heavy atom. The lowest BCUT2D eigenvalue weighted by atomic mass is 9.90. The van der Waals surface area contributed by atoms with Gasteiger partial charge in [-0.3, -0.25) is 19.9 Å². The molecule has 0 fully saturated rings. The van der Waals surface area contributed by atoms with Crippen molar-refractivity contribution in [2.75, 3.05) is 0 Å². The van der Waals surface area contributed by atoms with Crippen molar-refractivity contribution < 1.29 is 10.0 Å². The van der Waals surface area contributed by atoms with Crippen molar-refractivity contribution in [2.45, 2.75) is 44.9 Å². The summed E-state index contributed by atoms with van der Waals surface area (Å²) in [6.45, 7) is 1.55. The first-order valence-corrected chi connectivity index (χ1v) is 11.5. The van der Waals surface area contributed by atoms with Crippen LogP contribution >= 0.6 is 17.0 Å². The predicted molar refractivity (Wildman–Crippen MR) is 139 cm³/mol. The Kier molecular flexibility index (Phi) is 7.92. The largest absolute Gasteiger partial charge is 0.341 e. The lowest BCUT2D eigenvalue weighted by Gasteiger charge is -2.35. The van der Waals surface area contributed by atoms with E-state index in [0.717, 1.165) is 52.9 Å². The predicted octanol–water partition coefficient (Wildman–Crippen LogP) is 4.19. The molecule has 1 amide bonds. The van der Waals surface area contributed by atoms with Crippen LogP contribution in [0.15, 0.2) is 60.8 Å². The van der Waals surface area contributed by atoms with Gasteiger partial charge in [-0.2, -0.15) is 0 Å². The molecule has 1 aliphatic rings. The number of carbonyl (C=O) groups excluding carboxylic acids is 1. The number of hydrogen-bond acceptors (Lipinski definition) is 6. The maximum absolute atomic E-state index is 11.9. The molecule has 5 rings (SSSR count). The van der Waals surface area contributed by atoms with E-state index < -0.39 is 5.91 Å². The number of aromatic nitrogens is 3. The minimum absolute atomic E-state index is 0. The first kappa shape index (κ1) is 25.0. The van der Waals surface area contributed by atoms with E-state index in [1.165, 1.54) is 5.56 Å². The van der Waals surface area contributed by atoms with Gasteiger partial charge in [-0.05, 0) is 66.3 Å². The zero-order valence-corrected chi connectivity index (χ0v) is 21.0. The smallest absolute Gasteiger partial charge is 0.274 e. The molecule has 0 saturated heterocycles. The van der Waals surface area contributed by atoms with Crippen LogP contribution in [0.3, 0.4) is 0 Å². The number of rotatable bonds is 7. The molecule has 1 aliphatic carbocycles. The first-order valence-electron chi connectivity index (χ1n) is 11.5. The SMILES string of the molecule is Br.NCc1cc(C(=O)NO)ccc1CN(Cc1nc2ccccc2[nH]1)C1CCCc2cccnc21. The Morgan fingerprint density at radius 2 is 2.00 bits per heavy atom. The molecule has 9 heteroatoms. The summed E-state index contributed by atoms with van der Waals surface area (Å²) in [6, 6.07) is 17.7. The number of H-pyrrole nitrogens is 1. The number of imidazole rings is 1. The number of halogens is 1. The quantitative estimate of drug-likeness (QED) is 0.207. The molecule has 35 heavy (non-hydrogen) atoms. The Bertz CT molecular complexity index is 1290. The van der Waals surface area contributed by atoms with Crippen molar-refractivity contribution in [3.8, 4) is 0 Å². The molecule has 0 spiro atoms. The highest BCUT2D eigenvalue weighted by Crippen LogP contribution is 2.35. The highest BCUT2D eigenvalue weighted by molar-refractivity contribution is 8.93. The van der Waals surface area contributed by atoms with Crippen molar-refractivity contribution >= 4 is 33.9 Å². The number of nitrogens with zero attached hydrogens (tertiary/aromatic N) is 3. The summed E-state index contributed by atoms with van der Waals surface area (Å²) in [4.78, 5) is 27.3. The number of aromatic amines is 1. The summed E-state index contributed by atoms with van der Waals surface area (Å²) in [7, 11) is 0. The third kappa shape index (κ3) is 5.28. The highest BCUT2D eigenvalue weighted by atomic mass is 79.9. The number of nitrogens with one attached hydrogen (secondary N) is 2. The van der Waals surface area contributed by atoms with Crippen molar-refractivity contribution in [2.24, 2.45) is 5.73 Å². The van der Waals surface area contributed by atoms with Crippen LogP contribution in [0.4, 0.5) is 0 Å². The summed E-state index contributed by atoms with van der Waals surface area (Å²) in [5, 5.41) is 9.00. The average molecular weight is 537 g/mol. The second-order valence-electron chi connectivity index (χ2n) is 8.69. The normalized spacial score (nSPS) is 15.0. The molecular weight excluding hydrogens is 508 g/mol. The number of benzene rings is 2. The molecule has 5 N–H and O–H groups in total. The minimum atomic E-state index is -0.550. The standard InChI is InChI=1S/C26H28N6O2.BrH/c27-14-20-13-18(26(33)31-34)10-11-19(20)15-32(16-24-29-21-7-1-2-8-22(21)30-24)23-9-3-5-17-6-4-12-28-25(17)23;/h1-2,4,6-8,10-13,23,34H,3,5,9,14-16,27H2,(H,29,30)(H,31,33);1H. The fraction of sp³-hybridized carbons (Fsp3) is 0.269. The van der Waals surface area contributed by atoms with Gasteiger partial charge in [0.05, 0.1) is 29.3 Å². The van der Waals surface area contributed by atoms with Crippen LogP contribution < -0.4 is 11.2 Å². The molecule has 8 nitrogen and oxygen atoms in total. The molecule has 0 bridgehead atoms. The molecule has 2 heterocycles. The zero-order valence-electron chi connectivity index (χ0n) is 19.3. The fourth-order valence-corrected chi connectivity index (χ4v) is 4.88. The molecule has 4 aromatic rings. The third-order valence-corrected chi connectivity index (χ3v) is 6.56. The van der Waals surface area contributed by atoms with Crippen molar-refractivity contribution in [1.29, 1.82) is 0 Å². The summed E-state index contributed by atoms with van der Waals surface area (Å²) in [5.74, 6) is 0.348. The van der Waals surface area contributed by atoms with E-state index >= 15 is 0 Å².